The summed E-state index contributed by atoms with van der Waals surface area (Å²) < 4.78 is 11.1. The number of hydrogen-bond donors (Lipinski definition) is 2. The fourth-order valence-corrected chi connectivity index (χ4v) is 2.48. The van der Waals surface area contributed by atoms with Crippen molar-refractivity contribution in [2.75, 3.05) is 6.61 Å². The number of halogens is 1. The lowest BCUT2D eigenvalue weighted by atomic mass is 10.1. The Bertz CT molecular complexity index is 814. The van der Waals surface area contributed by atoms with Crippen molar-refractivity contribution in [2.24, 2.45) is 0 Å². The van der Waals surface area contributed by atoms with Gasteiger partial charge in [0.05, 0.1) is 6.10 Å². The molecule has 2 aromatic carbocycles. The van der Waals surface area contributed by atoms with Crippen molar-refractivity contribution < 1.29 is 19.1 Å². The predicted octanol–water partition coefficient (Wildman–Crippen LogP) is 3.97. The van der Waals surface area contributed by atoms with Crippen LogP contribution in [0.5, 0.6) is 11.5 Å². The standard InChI is InChI=1S/C21H25ClN2O4/c1-5-15(4)28-17-8-6-16(7-9-17)21(26)24-23-19(25)12-27-18-10-13(2)20(22)14(3)11-18/h6-11,15H,5,12H2,1-4H3,(H,23,25)(H,24,26). The molecule has 0 saturated heterocycles. The highest BCUT2D eigenvalue weighted by Crippen LogP contribution is 2.25. The van der Waals surface area contributed by atoms with Gasteiger partial charge in [0.1, 0.15) is 11.5 Å². The van der Waals surface area contributed by atoms with Crippen molar-refractivity contribution in [3.05, 3.63) is 58.1 Å². The molecule has 0 aliphatic heterocycles. The number of hydrazine groups is 1. The zero-order chi connectivity index (χ0) is 20.7. The minimum atomic E-state index is -0.477. The Hall–Kier alpha value is -2.73. The highest BCUT2D eigenvalue weighted by molar-refractivity contribution is 6.32. The molecular formula is C21H25ClN2O4. The van der Waals surface area contributed by atoms with E-state index in [4.69, 9.17) is 21.1 Å². The van der Waals surface area contributed by atoms with Crippen LogP contribution in [0.3, 0.4) is 0 Å². The quantitative estimate of drug-likeness (QED) is 0.684. The van der Waals surface area contributed by atoms with Gasteiger partial charge in [-0.25, -0.2) is 0 Å². The Kier molecular flexibility index (Phi) is 7.70. The molecule has 150 valence electrons. The number of carbonyl (C=O) groups excluding carboxylic acids is 2. The van der Waals surface area contributed by atoms with Crippen LogP contribution in [0.25, 0.3) is 0 Å². The third-order valence-electron chi connectivity index (χ3n) is 4.12. The van der Waals surface area contributed by atoms with E-state index in [1.165, 1.54) is 0 Å². The maximum Gasteiger partial charge on any atom is 0.276 e. The third kappa shape index (κ3) is 6.16. The summed E-state index contributed by atoms with van der Waals surface area (Å²) in [6.07, 6.45) is 0.998. The summed E-state index contributed by atoms with van der Waals surface area (Å²) in [6, 6.07) is 10.2. The molecule has 2 N–H and O–H groups in total. The van der Waals surface area contributed by atoms with Gasteiger partial charge in [-0.2, -0.15) is 0 Å². The fraction of sp³-hybridized carbons (Fsp3) is 0.333. The Morgan fingerprint density at radius 2 is 1.64 bits per heavy atom. The zero-order valence-corrected chi connectivity index (χ0v) is 17.2. The molecule has 2 rings (SSSR count). The first-order valence-corrected chi connectivity index (χ1v) is 9.43. The van der Waals surface area contributed by atoms with Gasteiger partial charge in [-0.3, -0.25) is 20.4 Å². The molecule has 0 aliphatic rings. The van der Waals surface area contributed by atoms with Gasteiger partial charge < -0.3 is 9.47 Å². The zero-order valence-electron chi connectivity index (χ0n) is 16.5. The number of ether oxygens (including phenoxy) is 2. The van der Waals surface area contributed by atoms with Gasteiger partial charge in [-0.05, 0) is 74.7 Å². The number of amides is 2. The second-order valence-corrected chi connectivity index (χ2v) is 6.90. The van der Waals surface area contributed by atoms with E-state index < -0.39 is 11.8 Å². The number of hydrogen-bond acceptors (Lipinski definition) is 4. The Balaban J connectivity index is 1.81. The minimum absolute atomic E-state index is 0.104. The molecule has 1 unspecified atom stereocenters. The average molecular weight is 405 g/mol. The lowest BCUT2D eigenvalue weighted by Gasteiger charge is -2.13. The third-order valence-corrected chi connectivity index (χ3v) is 4.72. The van der Waals surface area contributed by atoms with Crippen molar-refractivity contribution in [3.63, 3.8) is 0 Å². The van der Waals surface area contributed by atoms with E-state index in [2.05, 4.69) is 10.9 Å². The highest BCUT2D eigenvalue weighted by atomic mass is 35.5. The fourth-order valence-electron chi connectivity index (χ4n) is 2.37. The Morgan fingerprint density at radius 3 is 2.21 bits per heavy atom. The summed E-state index contributed by atoms with van der Waals surface area (Å²) in [5, 5.41) is 0.671. The van der Waals surface area contributed by atoms with E-state index in [1.54, 1.807) is 36.4 Å². The Labute approximate surface area is 170 Å². The first-order chi connectivity index (χ1) is 13.3. The van der Waals surface area contributed by atoms with E-state index in [9.17, 15) is 9.59 Å². The van der Waals surface area contributed by atoms with Crippen LogP contribution in [0.4, 0.5) is 0 Å². The molecular weight excluding hydrogens is 380 g/mol. The smallest absolute Gasteiger partial charge is 0.276 e. The van der Waals surface area contributed by atoms with Gasteiger partial charge in [-0.15, -0.1) is 0 Å². The lowest BCUT2D eigenvalue weighted by molar-refractivity contribution is -0.123. The maximum atomic E-state index is 12.1. The van der Waals surface area contributed by atoms with E-state index in [-0.39, 0.29) is 12.7 Å². The summed E-state index contributed by atoms with van der Waals surface area (Å²) >= 11 is 6.11. The molecule has 6 nitrogen and oxygen atoms in total. The summed E-state index contributed by atoms with van der Waals surface area (Å²) in [5.41, 5.74) is 6.82. The van der Waals surface area contributed by atoms with E-state index in [0.29, 0.717) is 22.1 Å². The number of rotatable bonds is 7. The molecule has 2 aromatic rings. The van der Waals surface area contributed by atoms with Crippen LogP contribution < -0.4 is 20.3 Å². The van der Waals surface area contributed by atoms with Crippen molar-refractivity contribution in [1.29, 1.82) is 0 Å². The van der Waals surface area contributed by atoms with Crippen LogP contribution in [0.2, 0.25) is 5.02 Å². The van der Waals surface area contributed by atoms with Crippen molar-refractivity contribution in [1.82, 2.24) is 10.9 Å². The highest BCUT2D eigenvalue weighted by Gasteiger charge is 2.10. The summed E-state index contributed by atoms with van der Waals surface area (Å²) in [6.45, 7) is 7.50. The monoisotopic (exact) mass is 404 g/mol. The van der Waals surface area contributed by atoms with Crippen LogP contribution in [-0.4, -0.2) is 24.5 Å². The lowest BCUT2D eigenvalue weighted by Crippen LogP contribution is -2.43. The topological polar surface area (TPSA) is 76.7 Å². The van der Waals surface area contributed by atoms with Gasteiger partial charge in [0.2, 0.25) is 0 Å². The molecule has 0 aliphatic carbocycles. The largest absolute Gasteiger partial charge is 0.491 e. The normalized spacial score (nSPS) is 11.5. The molecule has 0 spiro atoms. The van der Waals surface area contributed by atoms with Crippen molar-refractivity contribution in [2.45, 2.75) is 40.2 Å². The molecule has 2 amide bonds. The molecule has 7 heteroatoms. The minimum Gasteiger partial charge on any atom is -0.491 e. The number of benzene rings is 2. The average Bonchev–Trinajstić information content (AvgIpc) is 2.68. The molecule has 0 saturated carbocycles. The molecule has 0 heterocycles. The second-order valence-electron chi connectivity index (χ2n) is 6.52. The molecule has 0 radical (unpaired) electrons. The van der Waals surface area contributed by atoms with Gasteiger partial charge >= 0.3 is 0 Å². The van der Waals surface area contributed by atoms with Crippen molar-refractivity contribution >= 4 is 23.4 Å². The van der Waals surface area contributed by atoms with Crippen LogP contribution in [-0.2, 0) is 4.79 Å². The van der Waals surface area contributed by atoms with E-state index in [0.717, 1.165) is 17.5 Å². The van der Waals surface area contributed by atoms with Gasteiger partial charge in [0.15, 0.2) is 6.61 Å². The molecule has 0 fully saturated rings. The van der Waals surface area contributed by atoms with Crippen LogP contribution in [0.15, 0.2) is 36.4 Å². The SMILES string of the molecule is CCC(C)Oc1ccc(C(=O)NNC(=O)COc2cc(C)c(Cl)c(C)c2)cc1. The van der Waals surface area contributed by atoms with Gasteiger partial charge in [0, 0.05) is 10.6 Å². The Morgan fingerprint density at radius 1 is 1.04 bits per heavy atom. The summed E-state index contributed by atoms with van der Waals surface area (Å²) in [7, 11) is 0. The van der Waals surface area contributed by atoms with Gasteiger partial charge in [0.25, 0.3) is 11.8 Å². The second kappa shape index (κ2) is 9.99. The van der Waals surface area contributed by atoms with Crippen molar-refractivity contribution in [3.8, 4) is 11.5 Å². The number of nitrogens with one attached hydrogen (secondary N) is 2. The summed E-state index contributed by atoms with van der Waals surface area (Å²) in [4.78, 5) is 24.0. The van der Waals surface area contributed by atoms with Crippen LogP contribution in [0, 0.1) is 13.8 Å². The van der Waals surface area contributed by atoms with Gasteiger partial charge in [-0.1, -0.05) is 18.5 Å². The molecule has 0 aromatic heterocycles. The molecule has 0 bridgehead atoms. The van der Waals surface area contributed by atoms with Crippen LogP contribution >= 0.6 is 11.6 Å². The van der Waals surface area contributed by atoms with Crippen LogP contribution in [0.1, 0.15) is 41.8 Å². The number of carbonyl (C=O) groups is 2. The number of aryl methyl sites for hydroxylation is 2. The van der Waals surface area contributed by atoms with E-state index >= 15 is 0 Å². The predicted molar refractivity (Wildman–Crippen MR) is 109 cm³/mol. The first kappa shape index (κ1) is 21.6. The van der Waals surface area contributed by atoms with E-state index in [1.807, 2.05) is 27.7 Å². The molecule has 1 atom stereocenters. The molecule has 28 heavy (non-hydrogen) atoms. The summed E-state index contributed by atoms with van der Waals surface area (Å²) in [5.74, 6) is 0.326. The maximum absolute atomic E-state index is 12.1. The first-order valence-electron chi connectivity index (χ1n) is 9.05.